The molecule has 0 spiro atoms. The zero-order chi connectivity index (χ0) is 20.8. The minimum atomic E-state index is -0.621. The van der Waals surface area contributed by atoms with Crippen LogP contribution in [-0.2, 0) is 22.4 Å². The topological polar surface area (TPSA) is 67.8 Å². The van der Waals surface area contributed by atoms with Crippen molar-refractivity contribution in [3.8, 4) is 5.75 Å². The van der Waals surface area contributed by atoms with Crippen LogP contribution in [0.15, 0.2) is 36.4 Å². The highest BCUT2D eigenvalue weighted by atomic mass is 35.5. The fraction of sp³-hybridized carbons (Fsp3) is 0.409. The summed E-state index contributed by atoms with van der Waals surface area (Å²) >= 11 is 12.3. The molecule has 29 heavy (non-hydrogen) atoms. The van der Waals surface area contributed by atoms with Gasteiger partial charge in [-0.2, -0.15) is 0 Å². The van der Waals surface area contributed by atoms with E-state index in [0.29, 0.717) is 28.9 Å². The number of fused-ring (bicyclic) bond motifs is 1. The van der Waals surface area contributed by atoms with Crippen molar-refractivity contribution in [2.45, 2.75) is 38.3 Å². The van der Waals surface area contributed by atoms with Crippen LogP contribution in [0.4, 0.5) is 0 Å². The average Bonchev–Trinajstić information content (AvgIpc) is 2.70. The molecule has 156 valence electrons. The van der Waals surface area contributed by atoms with Crippen molar-refractivity contribution in [3.63, 3.8) is 0 Å². The van der Waals surface area contributed by atoms with Crippen molar-refractivity contribution in [3.05, 3.63) is 63.1 Å². The van der Waals surface area contributed by atoms with Crippen LogP contribution >= 0.6 is 23.2 Å². The number of nitrogens with one attached hydrogen (secondary N) is 1. The number of aliphatic hydroxyl groups excluding tert-OH is 1. The summed E-state index contributed by atoms with van der Waals surface area (Å²) in [6, 6.07) is 11.3. The van der Waals surface area contributed by atoms with Crippen molar-refractivity contribution in [2.75, 3.05) is 19.8 Å². The van der Waals surface area contributed by atoms with Crippen molar-refractivity contribution >= 4 is 29.2 Å². The second-order valence-electron chi connectivity index (χ2n) is 7.06. The summed E-state index contributed by atoms with van der Waals surface area (Å²) < 4.78 is 10.4. The van der Waals surface area contributed by atoms with Crippen molar-refractivity contribution in [1.82, 2.24) is 5.32 Å². The summed E-state index contributed by atoms with van der Waals surface area (Å²) in [5.74, 6) is 0.0638. The maximum Gasteiger partial charge on any atom is 0.344 e. The molecule has 1 aliphatic carbocycles. The van der Waals surface area contributed by atoms with Crippen LogP contribution in [0.3, 0.4) is 0 Å². The van der Waals surface area contributed by atoms with E-state index < -0.39 is 12.1 Å². The highest BCUT2D eigenvalue weighted by Gasteiger charge is 2.22. The second kappa shape index (κ2) is 10.3. The lowest BCUT2D eigenvalue weighted by Gasteiger charge is -2.27. The molecule has 0 amide bonds. The highest BCUT2D eigenvalue weighted by molar-refractivity contribution is 6.32. The van der Waals surface area contributed by atoms with Crippen LogP contribution in [0.1, 0.15) is 36.1 Å². The lowest BCUT2D eigenvalue weighted by Crippen LogP contribution is -2.37. The fourth-order valence-electron chi connectivity index (χ4n) is 3.49. The van der Waals surface area contributed by atoms with E-state index >= 15 is 0 Å². The predicted octanol–water partition coefficient (Wildman–Crippen LogP) is 4.12. The van der Waals surface area contributed by atoms with Crippen LogP contribution in [-0.4, -0.2) is 36.9 Å². The number of hydrogen-bond donors (Lipinski definition) is 2. The first-order chi connectivity index (χ1) is 14.0. The third-order valence-corrected chi connectivity index (χ3v) is 5.50. The van der Waals surface area contributed by atoms with Crippen LogP contribution in [0, 0.1) is 0 Å². The number of benzene rings is 2. The molecule has 0 heterocycles. The van der Waals surface area contributed by atoms with Crippen LogP contribution in [0.25, 0.3) is 0 Å². The number of rotatable bonds is 8. The molecular weight excluding hydrogens is 413 g/mol. The number of hydrogen-bond acceptors (Lipinski definition) is 5. The second-order valence-corrected chi connectivity index (χ2v) is 7.91. The molecule has 0 saturated carbocycles. The first-order valence-corrected chi connectivity index (χ1v) is 10.5. The van der Waals surface area contributed by atoms with E-state index in [1.807, 2.05) is 24.3 Å². The van der Waals surface area contributed by atoms with Crippen molar-refractivity contribution in [2.24, 2.45) is 0 Å². The van der Waals surface area contributed by atoms with Crippen molar-refractivity contribution < 1.29 is 19.4 Å². The first-order valence-electron chi connectivity index (χ1n) is 9.73. The van der Waals surface area contributed by atoms with Gasteiger partial charge >= 0.3 is 5.97 Å². The zero-order valence-electron chi connectivity index (χ0n) is 16.3. The Kier molecular flexibility index (Phi) is 7.78. The summed E-state index contributed by atoms with van der Waals surface area (Å²) in [4.78, 5) is 11.5. The van der Waals surface area contributed by atoms with E-state index in [4.69, 9.17) is 32.7 Å². The van der Waals surface area contributed by atoms with Gasteiger partial charge in [0.2, 0.25) is 0 Å². The van der Waals surface area contributed by atoms with Crippen molar-refractivity contribution in [1.29, 1.82) is 0 Å². The lowest BCUT2D eigenvalue weighted by atomic mass is 9.88. The van der Waals surface area contributed by atoms with Gasteiger partial charge < -0.3 is 19.9 Å². The molecule has 0 radical (unpaired) electrons. The molecule has 3 rings (SSSR count). The van der Waals surface area contributed by atoms with Gasteiger partial charge in [-0.25, -0.2) is 4.79 Å². The molecular formula is C22H25Cl2NO4. The number of ether oxygens (including phenoxy) is 2. The smallest absolute Gasteiger partial charge is 0.344 e. The van der Waals surface area contributed by atoms with Gasteiger partial charge in [-0.3, -0.25) is 0 Å². The molecule has 5 nitrogen and oxygen atoms in total. The maximum absolute atomic E-state index is 11.5. The Bertz CT molecular complexity index is 859. The number of esters is 1. The van der Waals surface area contributed by atoms with Gasteiger partial charge in [-0.1, -0.05) is 35.3 Å². The summed E-state index contributed by atoms with van der Waals surface area (Å²) in [5, 5.41) is 15.0. The molecule has 2 N–H and O–H groups in total. The van der Waals surface area contributed by atoms with E-state index in [-0.39, 0.29) is 12.6 Å². The number of halogens is 2. The third-order valence-electron chi connectivity index (χ3n) is 4.97. The van der Waals surface area contributed by atoms with Gasteiger partial charge in [-0.15, -0.1) is 0 Å². The average molecular weight is 438 g/mol. The zero-order valence-corrected chi connectivity index (χ0v) is 17.8. The van der Waals surface area contributed by atoms with Crippen LogP contribution < -0.4 is 10.1 Å². The molecule has 0 bridgehead atoms. The normalized spacial score (nSPS) is 16.8. The first kappa shape index (κ1) is 21.9. The standard InChI is InChI=1S/C22H25Cl2NO4/c1-2-28-22(27)13-29-21-11-16-9-18(7-6-14(16)10-19(21)24)25-12-20(26)15-4-3-5-17(23)8-15/h3-5,8,10-11,18,20,25-26H,2,6-7,9,12-13H2,1H3/t18-,20-/m0/s1. The van der Waals surface area contributed by atoms with Gasteiger partial charge in [0.05, 0.1) is 17.7 Å². The Labute approximate surface area is 180 Å². The third kappa shape index (κ3) is 6.09. The summed E-state index contributed by atoms with van der Waals surface area (Å²) in [7, 11) is 0. The van der Waals surface area contributed by atoms with Crippen LogP contribution in [0.5, 0.6) is 5.75 Å². The molecule has 1 aliphatic rings. The minimum absolute atomic E-state index is 0.167. The van der Waals surface area contributed by atoms with E-state index in [9.17, 15) is 9.90 Å². The molecule has 0 unspecified atom stereocenters. The Morgan fingerprint density at radius 1 is 1.28 bits per heavy atom. The van der Waals surface area contributed by atoms with Gasteiger partial charge in [-0.05, 0) is 67.1 Å². The minimum Gasteiger partial charge on any atom is -0.480 e. The molecule has 2 aromatic carbocycles. The molecule has 2 aromatic rings. The summed E-state index contributed by atoms with van der Waals surface area (Å²) in [6.07, 6.45) is 2.01. The predicted molar refractivity (Wildman–Crippen MR) is 114 cm³/mol. The highest BCUT2D eigenvalue weighted by Crippen LogP contribution is 2.32. The van der Waals surface area contributed by atoms with E-state index in [0.717, 1.165) is 30.4 Å². The molecule has 0 fully saturated rings. The monoisotopic (exact) mass is 437 g/mol. The summed E-state index contributed by atoms with van der Waals surface area (Å²) in [5.41, 5.74) is 3.11. The number of aliphatic hydroxyl groups is 1. The molecule has 0 saturated heterocycles. The van der Waals surface area contributed by atoms with Gasteiger partial charge in [0.25, 0.3) is 0 Å². The SMILES string of the molecule is CCOC(=O)COc1cc2c(cc1Cl)CC[C@H](NC[C@H](O)c1cccc(Cl)c1)C2. The Balaban J connectivity index is 1.59. The summed E-state index contributed by atoms with van der Waals surface area (Å²) in [6.45, 7) is 2.34. The van der Waals surface area contributed by atoms with Crippen LogP contribution in [0.2, 0.25) is 10.0 Å². The number of aryl methyl sites for hydroxylation is 1. The molecule has 2 atom stereocenters. The van der Waals surface area contributed by atoms with Gasteiger partial charge in [0, 0.05) is 17.6 Å². The number of carbonyl (C=O) groups is 1. The van der Waals surface area contributed by atoms with E-state index in [1.54, 1.807) is 19.1 Å². The Hall–Kier alpha value is -1.79. The molecule has 7 heteroatoms. The molecule has 0 aromatic heterocycles. The lowest BCUT2D eigenvalue weighted by molar-refractivity contribution is -0.145. The largest absolute Gasteiger partial charge is 0.480 e. The molecule has 0 aliphatic heterocycles. The number of carbonyl (C=O) groups excluding carboxylic acids is 1. The van der Waals surface area contributed by atoms with E-state index in [2.05, 4.69) is 5.32 Å². The quantitative estimate of drug-likeness (QED) is 0.607. The van der Waals surface area contributed by atoms with Gasteiger partial charge in [0.1, 0.15) is 5.75 Å². The fourth-order valence-corrected chi connectivity index (χ4v) is 3.93. The maximum atomic E-state index is 11.5. The Morgan fingerprint density at radius 2 is 2.10 bits per heavy atom. The van der Waals surface area contributed by atoms with E-state index in [1.165, 1.54) is 5.56 Å². The van der Waals surface area contributed by atoms with Gasteiger partial charge in [0.15, 0.2) is 6.61 Å². The Morgan fingerprint density at radius 3 is 2.86 bits per heavy atom.